The van der Waals surface area contributed by atoms with Crippen molar-refractivity contribution < 1.29 is 22.7 Å². The number of hydrogen-bond acceptors (Lipinski definition) is 2. The van der Waals surface area contributed by atoms with Gasteiger partial charge in [0.05, 0.1) is 23.8 Å². The summed E-state index contributed by atoms with van der Waals surface area (Å²) >= 11 is 0. The molecule has 2 N–H and O–H groups in total. The van der Waals surface area contributed by atoms with E-state index in [1.807, 2.05) is 0 Å². The number of nitrogens with one attached hydrogen (secondary N) is 2. The van der Waals surface area contributed by atoms with E-state index in [0.29, 0.717) is 6.42 Å². The van der Waals surface area contributed by atoms with Gasteiger partial charge < -0.3 is 15.4 Å². The lowest BCUT2D eigenvalue weighted by Gasteiger charge is -2.20. The molecule has 130 valence electrons. The second-order valence-electron chi connectivity index (χ2n) is 6.87. The summed E-state index contributed by atoms with van der Waals surface area (Å²) in [7, 11) is 0. The minimum Gasteiger partial charge on any atom is -0.373 e. The highest BCUT2D eigenvalue weighted by Gasteiger charge is 2.46. The number of rotatable bonds is 3. The predicted octanol–water partition coefficient (Wildman–Crippen LogP) is 3.18. The number of carbonyl (C=O) groups is 1. The molecule has 0 aromatic heterocycles. The maximum Gasteiger partial charge on any atom is 0.416 e. The van der Waals surface area contributed by atoms with Crippen molar-refractivity contribution >= 4 is 6.03 Å². The van der Waals surface area contributed by atoms with Crippen LogP contribution in [0.15, 0.2) is 24.3 Å². The van der Waals surface area contributed by atoms with E-state index >= 15 is 0 Å². The fraction of sp³-hybridized carbons (Fsp3) is 0.588. The number of urea groups is 1. The number of ether oxygens (including phenoxy) is 1. The molecule has 3 fully saturated rings. The van der Waals surface area contributed by atoms with E-state index in [4.69, 9.17) is 4.74 Å². The van der Waals surface area contributed by atoms with E-state index in [-0.39, 0.29) is 41.8 Å². The number of hydrogen-bond donors (Lipinski definition) is 2. The van der Waals surface area contributed by atoms with Gasteiger partial charge in [-0.2, -0.15) is 13.2 Å². The third kappa shape index (κ3) is 2.97. The number of amides is 2. The number of carbonyl (C=O) groups excluding carboxylic acids is 1. The third-order valence-electron chi connectivity index (χ3n) is 5.20. The summed E-state index contributed by atoms with van der Waals surface area (Å²) in [6, 6.07) is 5.05. The average molecular weight is 340 g/mol. The van der Waals surface area contributed by atoms with Crippen LogP contribution in [0.2, 0.25) is 0 Å². The van der Waals surface area contributed by atoms with E-state index in [1.54, 1.807) is 6.07 Å². The zero-order valence-electron chi connectivity index (χ0n) is 13.0. The molecule has 1 aromatic carbocycles. The predicted molar refractivity (Wildman–Crippen MR) is 80.6 cm³/mol. The first-order chi connectivity index (χ1) is 11.4. The van der Waals surface area contributed by atoms with E-state index in [1.165, 1.54) is 12.1 Å². The van der Waals surface area contributed by atoms with Crippen molar-refractivity contribution in [1.29, 1.82) is 0 Å². The van der Waals surface area contributed by atoms with Gasteiger partial charge in [0.1, 0.15) is 0 Å². The Bertz CT molecular complexity index is 649. The van der Waals surface area contributed by atoms with Crippen molar-refractivity contribution in [2.45, 2.75) is 62.1 Å². The molecule has 2 aliphatic heterocycles. The molecular weight excluding hydrogens is 321 g/mol. The number of fused-ring (bicyclic) bond motifs is 2. The molecule has 2 saturated heterocycles. The SMILES string of the molecule is O=C(N[C@H]1C[C@@H]1c1ccccc1C(F)(F)F)N[C@@H]1C[C@H]2CC[C@H]1O2. The Hall–Kier alpha value is -1.76. The quantitative estimate of drug-likeness (QED) is 0.888. The van der Waals surface area contributed by atoms with Crippen LogP contribution < -0.4 is 10.6 Å². The van der Waals surface area contributed by atoms with Crippen molar-refractivity contribution in [2.24, 2.45) is 0 Å². The van der Waals surface area contributed by atoms with Crippen LogP contribution in [0.5, 0.6) is 0 Å². The fourth-order valence-corrected chi connectivity index (χ4v) is 3.94. The second kappa shape index (κ2) is 5.65. The molecule has 0 unspecified atom stereocenters. The lowest BCUT2D eigenvalue weighted by Crippen LogP contribution is -2.47. The highest BCUT2D eigenvalue weighted by molar-refractivity contribution is 5.75. The molecular formula is C17H19F3N2O2. The highest BCUT2D eigenvalue weighted by Crippen LogP contribution is 2.46. The molecule has 0 radical (unpaired) electrons. The Labute approximate surface area is 137 Å². The second-order valence-corrected chi connectivity index (χ2v) is 6.87. The maximum absolute atomic E-state index is 13.1. The van der Waals surface area contributed by atoms with E-state index in [9.17, 15) is 18.0 Å². The standard InChI is InChI=1S/C17H19F3N2O2/c18-17(19,20)12-4-2-1-3-10(12)11-8-13(11)21-16(23)22-14-7-9-5-6-15(14)24-9/h1-4,9,11,13-15H,5-8H2,(H2,21,22,23)/t9-,11-,13+,14-,15-/m1/s1. The molecule has 2 bridgehead atoms. The van der Waals surface area contributed by atoms with Crippen molar-refractivity contribution in [3.05, 3.63) is 35.4 Å². The van der Waals surface area contributed by atoms with E-state index in [0.717, 1.165) is 25.3 Å². The average Bonchev–Trinajstić information content (AvgIpc) is 2.96. The smallest absolute Gasteiger partial charge is 0.373 e. The molecule has 2 amide bonds. The van der Waals surface area contributed by atoms with Gasteiger partial charge in [-0.1, -0.05) is 18.2 Å². The van der Waals surface area contributed by atoms with Gasteiger partial charge in [-0.3, -0.25) is 0 Å². The Kier molecular flexibility index (Phi) is 3.71. The lowest BCUT2D eigenvalue weighted by molar-refractivity contribution is -0.138. The molecule has 3 aliphatic rings. The fourth-order valence-electron chi connectivity index (χ4n) is 3.94. The first-order valence-electron chi connectivity index (χ1n) is 8.30. The number of benzene rings is 1. The highest BCUT2D eigenvalue weighted by atomic mass is 19.4. The normalized spacial score (nSPS) is 34.2. The summed E-state index contributed by atoms with van der Waals surface area (Å²) in [6.45, 7) is 0. The topological polar surface area (TPSA) is 50.4 Å². The van der Waals surface area contributed by atoms with Gasteiger partial charge in [-0.15, -0.1) is 0 Å². The minimum absolute atomic E-state index is 0.0170. The Balaban J connectivity index is 1.35. The zero-order chi connectivity index (χ0) is 16.9. The van der Waals surface area contributed by atoms with Crippen LogP contribution in [0.4, 0.5) is 18.0 Å². The van der Waals surface area contributed by atoms with Gasteiger partial charge in [0, 0.05) is 12.0 Å². The summed E-state index contributed by atoms with van der Waals surface area (Å²) < 4.78 is 44.9. The van der Waals surface area contributed by atoms with Gasteiger partial charge in [-0.05, 0) is 37.3 Å². The Morgan fingerprint density at radius 1 is 1.08 bits per heavy atom. The van der Waals surface area contributed by atoms with Crippen molar-refractivity contribution in [1.82, 2.24) is 10.6 Å². The molecule has 7 heteroatoms. The first-order valence-corrected chi connectivity index (χ1v) is 8.30. The van der Waals surface area contributed by atoms with Gasteiger partial charge in [0.15, 0.2) is 0 Å². The lowest BCUT2D eigenvalue weighted by atomic mass is 9.96. The summed E-state index contributed by atoms with van der Waals surface area (Å²) in [5.41, 5.74) is -0.347. The third-order valence-corrected chi connectivity index (χ3v) is 5.20. The van der Waals surface area contributed by atoms with Crippen molar-refractivity contribution in [3.63, 3.8) is 0 Å². The van der Waals surface area contributed by atoms with Crippen LogP contribution in [0, 0.1) is 0 Å². The van der Waals surface area contributed by atoms with Crippen LogP contribution >= 0.6 is 0 Å². The van der Waals surface area contributed by atoms with Crippen LogP contribution in [-0.2, 0) is 10.9 Å². The molecule has 1 aromatic rings. The van der Waals surface area contributed by atoms with Gasteiger partial charge >= 0.3 is 12.2 Å². The van der Waals surface area contributed by atoms with E-state index < -0.39 is 11.7 Å². The molecule has 4 rings (SSSR count). The van der Waals surface area contributed by atoms with Crippen LogP contribution in [-0.4, -0.2) is 30.3 Å². The van der Waals surface area contributed by atoms with Crippen LogP contribution in [0.25, 0.3) is 0 Å². The summed E-state index contributed by atoms with van der Waals surface area (Å²) in [5, 5.41) is 5.70. The first kappa shape index (κ1) is 15.7. The zero-order valence-corrected chi connectivity index (χ0v) is 13.0. The number of halogens is 3. The molecule has 2 heterocycles. The van der Waals surface area contributed by atoms with Crippen LogP contribution in [0.3, 0.4) is 0 Å². The molecule has 24 heavy (non-hydrogen) atoms. The van der Waals surface area contributed by atoms with Gasteiger partial charge in [0.2, 0.25) is 0 Å². The maximum atomic E-state index is 13.1. The van der Waals surface area contributed by atoms with Crippen molar-refractivity contribution in [2.75, 3.05) is 0 Å². The molecule has 1 saturated carbocycles. The number of alkyl halides is 3. The Morgan fingerprint density at radius 2 is 1.83 bits per heavy atom. The Morgan fingerprint density at radius 3 is 2.50 bits per heavy atom. The van der Waals surface area contributed by atoms with Gasteiger partial charge in [-0.25, -0.2) is 4.79 Å². The minimum atomic E-state index is -4.37. The summed E-state index contributed by atoms with van der Waals surface area (Å²) in [6.07, 6.45) is -0.679. The molecule has 5 atom stereocenters. The molecule has 0 spiro atoms. The largest absolute Gasteiger partial charge is 0.416 e. The molecule has 4 nitrogen and oxygen atoms in total. The molecule has 1 aliphatic carbocycles. The summed E-state index contributed by atoms with van der Waals surface area (Å²) in [4.78, 5) is 12.1. The van der Waals surface area contributed by atoms with Crippen molar-refractivity contribution in [3.8, 4) is 0 Å². The van der Waals surface area contributed by atoms with E-state index in [2.05, 4.69) is 10.6 Å². The monoisotopic (exact) mass is 340 g/mol. The van der Waals surface area contributed by atoms with Gasteiger partial charge in [0.25, 0.3) is 0 Å². The summed E-state index contributed by atoms with van der Waals surface area (Å²) in [5.74, 6) is -0.273. The van der Waals surface area contributed by atoms with Crippen LogP contribution in [0.1, 0.15) is 42.7 Å².